The van der Waals surface area contributed by atoms with Crippen LogP contribution >= 0.6 is 11.6 Å². The van der Waals surface area contributed by atoms with Gasteiger partial charge < -0.3 is 10.1 Å². The molecule has 24 heavy (non-hydrogen) atoms. The smallest absolute Gasteiger partial charge is 0.235 e. The summed E-state index contributed by atoms with van der Waals surface area (Å²) in [4.78, 5) is 12.2. The van der Waals surface area contributed by atoms with E-state index in [2.05, 4.69) is 5.32 Å². The molecule has 1 amide bonds. The number of anilines is 2. The molecule has 0 bridgehead atoms. The number of halogens is 1. The molecule has 1 unspecified atom stereocenters. The molecule has 2 fully saturated rings. The molecule has 0 spiro atoms. The van der Waals surface area contributed by atoms with E-state index in [4.69, 9.17) is 16.3 Å². The second kappa shape index (κ2) is 7.29. The lowest BCUT2D eigenvalue weighted by atomic mass is 10.1. The molecule has 1 atom stereocenters. The van der Waals surface area contributed by atoms with Crippen molar-refractivity contribution in [1.82, 2.24) is 0 Å². The van der Waals surface area contributed by atoms with Crippen LogP contribution in [-0.2, 0) is 19.6 Å². The summed E-state index contributed by atoms with van der Waals surface area (Å²) in [7, 11) is -3.26. The molecule has 0 aliphatic carbocycles. The maximum Gasteiger partial charge on any atom is 0.235 e. The Balaban J connectivity index is 1.71. The van der Waals surface area contributed by atoms with Crippen LogP contribution in [-0.4, -0.2) is 39.3 Å². The lowest BCUT2D eigenvalue weighted by Crippen LogP contribution is -2.26. The van der Waals surface area contributed by atoms with Gasteiger partial charge in [-0.05, 0) is 43.9 Å². The molecule has 3 rings (SSSR count). The van der Waals surface area contributed by atoms with Gasteiger partial charge in [-0.3, -0.25) is 9.10 Å². The van der Waals surface area contributed by atoms with Crippen molar-refractivity contribution in [2.75, 3.05) is 28.5 Å². The Labute approximate surface area is 147 Å². The SMILES string of the molecule is O=C(CC1CCCCO1)Nc1cc(N2CCCS2(=O)=O)ccc1Cl. The molecule has 0 radical (unpaired) electrons. The minimum absolute atomic E-state index is 0.0559. The Hall–Kier alpha value is -1.31. The number of benzene rings is 1. The molecule has 2 aliphatic rings. The lowest BCUT2D eigenvalue weighted by molar-refractivity contribution is -0.119. The van der Waals surface area contributed by atoms with Gasteiger partial charge in [0.1, 0.15) is 0 Å². The first-order valence-electron chi connectivity index (χ1n) is 8.17. The molecule has 2 aliphatic heterocycles. The van der Waals surface area contributed by atoms with Crippen LogP contribution in [0, 0.1) is 0 Å². The molecule has 0 saturated carbocycles. The average Bonchev–Trinajstić information content (AvgIpc) is 2.90. The monoisotopic (exact) mass is 372 g/mol. The minimum atomic E-state index is -3.26. The normalized spacial score (nSPS) is 23.2. The highest BCUT2D eigenvalue weighted by Crippen LogP contribution is 2.31. The highest BCUT2D eigenvalue weighted by molar-refractivity contribution is 7.93. The van der Waals surface area contributed by atoms with E-state index in [1.807, 2.05) is 0 Å². The van der Waals surface area contributed by atoms with Gasteiger partial charge in [-0.2, -0.15) is 0 Å². The summed E-state index contributed by atoms with van der Waals surface area (Å²) in [5.41, 5.74) is 0.957. The molecule has 2 saturated heterocycles. The number of nitrogens with one attached hydrogen (secondary N) is 1. The Bertz CT molecular complexity index is 717. The third-order valence-electron chi connectivity index (χ3n) is 4.30. The third kappa shape index (κ3) is 4.02. The van der Waals surface area contributed by atoms with Crippen LogP contribution in [0.3, 0.4) is 0 Å². The van der Waals surface area contributed by atoms with Gasteiger partial charge in [-0.25, -0.2) is 8.42 Å². The Morgan fingerprint density at radius 2 is 2.17 bits per heavy atom. The first-order valence-corrected chi connectivity index (χ1v) is 10.2. The summed E-state index contributed by atoms with van der Waals surface area (Å²) in [6.45, 7) is 1.15. The Morgan fingerprint density at radius 3 is 2.83 bits per heavy atom. The summed E-state index contributed by atoms with van der Waals surface area (Å²) in [5.74, 6) is -0.0266. The number of sulfonamides is 1. The average molecular weight is 373 g/mol. The van der Waals surface area contributed by atoms with E-state index in [1.165, 1.54) is 4.31 Å². The van der Waals surface area contributed by atoms with Crippen molar-refractivity contribution < 1.29 is 17.9 Å². The number of amides is 1. The number of nitrogens with zero attached hydrogens (tertiary/aromatic N) is 1. The largest absolute Gasteiger partial charge is 0.378 e. The molecule has 8 heteroatoms. The Kier molecular flexibility index (Phi) is 5.32. The highest BCUT2D eigenvalue weighted by atomic mass is 35.5. The fourth-order valence-electron chi connectivity index (χ4n) is 3.07. The maximum absolute atomic E-state index is 12.2. The molecule has 1 N–H and O–H groups in total. The van der Waals surface area contributed by atoms with Gasteiger partial charge >= 0.3 is 0 Å². The third-order valence-corrected chi connectivity index (χ3v) is 6.50. The summed E-state index contributed by atoms with van der Waals surface area (Å²) in [5, 5.41) is 3.16. The fourth-order valence-corrected chi connectivity index (χ4v) is 4.79. The van der Waals surface area contributed by atoms with Crippen molar-refractivity contribution >= 4 is 38.9 Å². The maximum atomic E-state index is 12.2. The van der Waals surface area contributed by atoms with Gasteiger partial charge in [0.15, 0.2) is 0 Å². The predicted octanol–water partition coefficient (Wildman–Crippen LogP) is 2.78. The van der Waals surface area contributed by atoms with Gasteiger partial charge in [0.05, 0.1) is 34.7 Å². The van der Waals surface area contributed by atoms with E-state index in [0.717, 1.165) is 19.3 Å². The standard InChI is InChI=1S/C16H21ClN2O4S/c17-14-6-5-12(19-7-3-9-24(19,21)22)10-15(14)18-16(20)11-13-4-1-2-8-23-13/h5-6,10,13H,1-4,7-9,11H2,(H,18,20). The molecule has 1 aromatic rings. The van der Waals surface area contributed by atoms with Gasteiger partial charge in [0.25, 0.3) is 0 Å². The van der Waals surface area contributed by atoms with Crippen molar-refractivity contribution in [3.63, 3.8) is 0 Å². The van der Waals surface area contributed by atoms with Crippen LogP contribution in [0.1, 0.15) is 32.1 Å². The predicted molar refractivity (Wildman–Crippen MR) is 94.0 cm³/mol. The topological polar surface area (TPSA) is 75.7 Å². The molecule has 1 aromatic carbocycles. The summed E-state index contributed by atoms with van der Waals surface area (Å²) in [6.07, 6.45) is 3.82. The van der Waals surface area contributed by atoms with Gasteiger partial charge in [-0.1, -0.05) is 11.6 Å². The zero-order chi connectivity index (χ0) is 17.2. The van der Waals surface area contributed by atoms with E-state index in [0.29, 0.717) is 36.0 Å². The summed E-state index contributed by atoms with van der Waals surface area (Å²) < 4.78 is 31.0. The first kappa shape index (κ1) is 17.5. The van der Waals surface area contributed by atoms with E-state index < -0.39 is 10.0 Å². The second-order valence-electron chi connectivity index (χ2n) is 6.15. The minimum Gasteiger partial charge on any atom is -0.378 e. The number of ether oxygens (including phenoxy) is 1. The highest BCUT2D eigenvalue weighted by Gasteiger charge is 2.29. The van der Waals surface area contributed by atoms with E-state index in [-0.39, 0.29) is 24.2 Å². The van der Waals surface area contributed by atoms with Gasteiger partial charge in [-0.15, -0.1) is 0 Å². The number of carbonyl (C=O) groups excluding carboxylic acids is 1. The van der Waals surface area contributed by atoms with Crippen molar-refractivity contribution in [1.29, 1.82) is 0 Å². The van der Waals surface area contributed by atoms with E-state index >= 15 is 0 Å². The van der Waals surface area contributed by atoms with Gasteiger partial charge in [0.2, 0.25) is 15.9 Å². The number of hydrogen-bond donors (Lipinski definition) is 1. The number of carbonyl (C=O) groups is 1. The van der Waals surface area contributed by atoms with Crippen LogP contribution in [0.2, 0.25) is 5.02 Å². The van der Waals surface area contributed by atoms with Crippen LogP contribution < -0.4 is 9.62 Å². The van der Waals surface area contributed by atoms with Gasteiger partial charge in [0, 0.05) is 13.2 Å². The fraction of sp³-hybridized carbons (Fsp3) is 0.562. The van der Waals surface area contributed by atoms with E-state index in [9.17, 15) is 13.2 Å². The Morgan fingerprint density at radius 1 is 1.33 bits per heavy atom. The van der Waals surface area contributed by atoms with Crippen molar-refractivity contribution in [2.45, 2.75) is 38.2 Å². The quantitative estimate of drug-likeness (QED) is 0.881. The van der Waals surface area contributed by atoms with Crippen LogP contribution in [0.4, 0.5) is 11.4 Å². The lowest BCUT2D eigenvalue weighted by Gasteiger charge is -2.22. The van der Waals surface area contributed by atoms with Crippen LogP contribution in [0.5, 0.6) is 0 Å². The van der Waals surface area contributed by atoms with E-state index in [1.54, 1.807) is 18.2 Å². The number of hydrogen-bond acceptors (Lipinski definition) is 4. The molecule has 6 nitrogen and oxygen atoms in total. The summed E-state index contributed by atoms with van der Waals surface area (Å²) in [6, 6.07) is 4.88. The zero-order valence-corrected chi connectivity index (χ0v) is 14.9. The molecular weight excluding hydrogens is 352 g/mol. The van der Waals surface area contributed by atoms with Crippen molar-refractivity contribution in [3.05, 3.63) is 23.2 Å². The second-order valence-corrected chi connectivity index (χ2v) is 8.57. The molecule has 132 valence electrons. The zero-order valence-electron chi connectivity index (χ0n) is 13.3. The molecular formula is C16H21ClN2O4S. The molecule has 0 aromatic heterocycles. The first-order chi connectivity index (χ1) is 11.5. The summed E-state index contributed by atoms with van der Waals surface area (Å²) >= 11 is 6.15. The van der Waals surface area contributed by atoms with Crippen LogP contribution in [0.15, 0.2) is 18.2 Å². The van der Waals surface area contributed by atoms with Crippen LogP contribution in [0.25, 0.3) is 0 Å². The number of rotatable bonds is 4. The molecule has 2 heterocycles. The van der Waals surface area contributed by atoms with Crippen molar-refractivity contribution in [3.8, 4) is 0 Å². The van der Waals surface area contributed by atoms with Crippen molar-refractivity contribution in [2.24, 2.45) is 0 Å².